The van der Waals surface area contributed by atoms with Gasteiger partial charge in [-0.1, -0.05) is 31.2 Å². The number of thiocarbonyl (C=S) groups is 1. The van der Waals surface area contributed by atoms with E-state index in [2.05, 4.69) is 22.9 Å². The quantitative estimate of drug-likeness (QED) is 0.703. The second-order valence-electron chi connectivity index (χ2n) is 5.10. The Morgan fingerprint density at radius 1 is 1.12 bits per heavy atom. The summed E-state index contributed by atoms with van der Waals surface area (Å²) in [4.78, 5) is 12.1. The summed E-state index contributed by atoms with van der Waals surface area (Å²) in [6.07, 6.45) is 0.861. The molecule has 0 aromatic heterocycles. The van der Waals surface area contributed by atoms with Crippen molar-refractivity contribution in [3.05, 3.63) is 54.1 Å². The number of anilines is 2. The van der Waals surface area contributed by atoms with Crippen molar-refractivity contribution < 1.29 is 9.53 Å². The average molecular weight is 343 g/mol. The molecule has 1 amide bonds. The predicted molar refractivity (Wildman–Crippen MR) is 102 cm³/mol. The molecule has 0 atom stereocenters. The molecule has 0 heterocycles. The normalized spacial score (nSPS) is 9.92. The van der Waals surface area contributed by atoms with Crippen LogP contribution in [0.2, 0.25) is 0 Å². The summed E-state index contributed by atoms with van der Waals surface area (Å²) in [6, 6.07) is 15.1. The fourth-order valence-corrected chi connectivity index (χ4v) is 2.37. The molecule has 0 saturated heterocycles. The van der Waals surface area contributed by atoms with Crippen molar-refractivity contribution in [2.75, 3.05) is 24.3 Å². The van der Waals surface area contributed by atoms with E-state index in [-0.39, 0.29) is 12.5 Å². The van der Waals surface area contributed by atoms with E-state index in [4.69, 9.17) is 17.0 Å². The Hall–Kier alpha value is -2.60. The van der Waals surface area contributed by atoms with Crippen LogP contribution in [0.1, 0.15) is 12.5 Å². The molecule has 6 heteroatoms. The van der Waals surface area contributed by atoms with Crippen molar-refractivity contribution in [3.63, 3.8) is 0 Å². The van der Waals surface area contributed by atoms with Crippen LogP contribution in [0.4, 0.5) is 11.4 Å². The molecular formula is C18H21N3O2S. The average Bonchev–Trinajstić information content (AvgIpc) is 2.60. The van der Waals surface area contributed by atoms with E-state index in [0.717, 1.165) is 29.1 Å². The second-order valence-corrected chi connectivity index (χ2v) is 5.51. The summed E-state index contributed by atoms with van der Waals surface area (Å²) in [5.74, 6) is 0.586. The highest BCUT2D eigenvalue weighted by Gasteiger charge is 2.06. The summed E-state index contributed by atoms with van der Waals surface area (Å²) in [5, 5.41) is 9.18. The first-order chi connectivity index (χ1) is 11.6. The molecule has 2 rings (SSSR count). The van der Waals surface area contributed by atoms with Crippen LogP contribution in [-0.2, 0) is 11.2 Å². The van der Waals surface area contributed by atoms with Gasteiger partial charge in [0.2, 0.25) is 5.91 Å². The Balaban J connectivity index is 1.83. The van der Waals surface area contributed by atoms with Crippen molar-refractivity contribution in [1.82, 2.24) is 5.32 Å². The summed E-state index contributed by atoms with van der Waals surface area (Å²) in [7, 11) is 1.61. The molecule has 0 unspecified atom stereocenters. The molecule has 3 N–H and O–H groups in total. The zero-order valence-corrected chi connectivity index (χ0v) is 14.6. The lowest BCUT2D eigenvalue weighted by atomic mass is 10.1. The van der Waals surface area contributed by atoms with E-state index >= 15 is 0 Å². The van der Waals surface area contributed by atoms with Gasteiger partial charge >= 0.3 is 0 Å². The van der Waals surface area contributed by atoms with Crippen molar-refractivity contribution in [3.8, 4) is 5.75 Å². The Morgan fingerprint density at radius 3 is 2.67 bits per heavy atom. The van der Waals surface area contributed by atoms with Gasteiger partial charge in [0.25, 0.3) is 0 Å². The second kappa shape index (κ2) is 8.88. The van der Waals surface area contributed by atoms with Crippen LogP contribution in [0.3, 0.4) is 0 Å². The molecule has 0 aliphatic heterocycles. The molecule has 0 saturated carbocycles. The van der Waals surface area contributed by atoms with Crippen molar-refractivity contribution in [2.24, 2.45) is 0 Å². The first-order valence-electron chi connectivity index (χ1n) is 7.69. The summed E-state index contributed by atoms with van der Waals surface area (Å²) < 4.78 is 5.16. The lowest BCUT2D eigenvalue weighted by Crippen LogP contribution is -2.35. The number of hydrogen-bond acceptors (Lipinski definition) is 3. The minimum atomic E-state index is -0.148. The van der Waals surface area contributed by atoms with Gasteiger partial charge in [-0.25, -0.2) is 0 Å². The minimum Gasteiger partial charge on any atom is -0.497 e. The zero-order chi connectivity index (χ0) is 17.4. The molecule has 5 nitrogen and oxygen atoms in total. The molecule has 0 aliphatic rings. The van der Waals surface area contributed by atoms with Crippen LogP contribution in [0.5, 0.6) is 5.75 Å². The van der Waals surface area contributed by atoms with Gasteiger partial charge in [0.15, 0.2) is 5.11 Å². The third-order valence-electron chi connectivity index (χ3n) is 3.41. The van der Waals surface area contributed by atoms with Crippen molar-refractivity contribution >= 4 is 34.6 Å². The highest BCUT2D eigenvalue weighted by molar-refractivity contribution is 7.80. The number of amides is 1. The number of nitrogens with one attached hydrogen (secondary N) is 3. The van der Waals surface area contributed by atoms with E-state index in [0.29, 0.717) is 5.11 Å². The third kappa shape index (κ3) is 5.24. The van der Waals surface area contributed by atoms with Crippen LogP contribution >= 0.6 is 12.2 Å². The smallest absolute Gasteiger partial charge is 0.243 e. The lowest BCUT2D eigenvalue weighted by Gasteiger charge is -2.13. The minimum absolute atomic E-state index is 0.0911. The number of methoxy groups -OCH3 is 1. The fourth-order valence-electron chi connectivity index (χ4n) is 2.18. The molecule has 0 aliphatic carbocycles. The maximum atomic E-state index is 12.1. The molecule has 0 spiro atoms. The predicted octanol–water partition coefficient (Wildman–Crippen LogP) is 3.18. The summed E-state index contributed by atoms with van der Waals surface area (Å²) in [6.45, 7) is 2.14. The van der Waals surface area contributed by atoms with E-state index < -0.39 is 0 Å². The third-order valence-corrected chi connectivity index (χ3v) is 3.66. The number of para-hydroxylation sites is 1. The van der Waals surface area contributed by atoms with E-state index in [1.54, 1.807) is 7.11 Å². The summed E-state index contributed by atoms with van der Waals surface area (Å²) in [5.41, 5.74) is 2.73. The van der Waals surface area contributed by atoms with Gasteiger partial charge in [0, 0.05) is 17.4 Å². The standard InChI is InChI=1S/C18H21N3O2S/c1-3-13-7-4-5-10-16(13)21-17(22)12-19-18(24)20-14-8-6-9-15(11-14)23-2/h4-11H,3,12H2,1-2H3,(H,21,22)(H2,19,20,24). The SMILES string of the molecule is CCc1ccccc1NC(=O)CNC(=S)Nc1cccc(OC)c1. The van der Waals surface area contributed by atoms with Gasteiger partial charge in [-0.05, 0) is 42.4 Å². The van der Waals surface area contributed by atoms with Gasteiger partial charge in [0.1, 0.15) is 5.75 Å². The molecule has 126 valence electrons. The van der Waals surface area contributed by atoms with E-state index in [1.165, 1.54) is 0 Å². The molecular weight excluding hydrogens is 322 g/mol. The van der Waals surface area contributed by atoms with Gasteiger partial charge < -0.3 is 20.7 Å². The monoisotopic (exact) mass is 343 g/mol. The van der Waals surface area contributed by atoms with Gasteiger partial charge in [-0.2, -0.15) is 0 Å². The number of aryl methyl sites for hydroxylation is 1. The van der Waals surface area contributed by atoms with Gasteiger partial charge in [0.05, 0.1) is 13.7 Å². The molecule has 2 aromatic carbocycles. The van der Waals surface area contributed by atoms with Crippen molar-refractivity contribution in [2.45, 2.75) is 13.3 Å². The summed E-state index contributed by atoms with van der Waals surface area (Å²) >= 11 is 5.20. The molecule has 24 heavy (non-hydrogen) atoms. The first-order valence-corrected chi connectivity index (χ1v) is 8.10. The largest absolute Gasteiger partial charge is 0.497 e. The fraction of sp³-hybridized carbons (Fsp3) is 0.222. The van der Waals surface area contributed by atoms with E-state index in [1.807, 2.05) is 48.5 Å². The highest BCUT2D eigenvalue weighted by Crippen LogP contribution is 2.17. The van der Waals surface area contributed by atoms with Crippen LogP contribution in [0, 0.1) is 0 Å². The lowest BCUT2D eigenvalue weighted by molar-refractivity contribution is -0.115. The first kappa shape index (κ1) is 17.7. The topological polar surface area (TPSA) is 62.4 Å². The molecule has 2 aromatic rings. The van der Waals surface area contributed by atoms with Gasteiger partial charge in [-0.15, -0.1) is 0 Å². The highest BCUT2D eigenvalue weighted by atomic mass is 32.1. The van der Waals surface area contributed by atoms with Crippen LogP contribution in [0.15, 0.2) is 48.5 Å². The number of carbonyl (C=O) groups excluding carboxylic acids is 1. The maximum absolute atomic E-state index is 12.1. The van der Waals surface area contributed by atoms with Crippen LogP contribution in [-0.4, -0.2) is 24.7 Å². The Labute approximate surface area is 147 Å². The molecule has 0 fully saturated rings. The molecule has 0 radical (unpaired) electrons. The Bertz CT molecular complexity index is 719. The van der Waals surface area contributed by atoms with Gasteiger partial charge in [-0.3, -0.25) is 4.79 Å². The Kier molecular flexibility index (Phi) is 6.57. The van der Waals surface area contributed by atoms with Crippen LogP contribution < -0.4 is 20.7 Å². The maximum Gasteiger partial charge on any atom is 0.243 e. The number of benzene rings is 2. The van der Waals surface area contributed by atoms with E-state index in [9.17, 15) is 4.79 Å². The molecule has 0 bridgehead atoms. The van der Waals surface area contributed by atoms with Crippen molar-refractivity contribution in [1.29, 1.82) is 0 Å². The number of carbonyl (C=O) groups is 1. The number of ether oxygens (including phenoxy) is 1. The van der Waals surface area contributed by atoms with Crippen LogP contribution in [0.25, 0.3) is 0 Å². The zero-order valence-electron chi connectivity index (χ0n) is 13.8. The number of rotatable bonds is 6. The number of hydrogen-bond donors (Lipinski definition) is 3. The Morgan fingerprint density at radius 2 is 1.92 bits per heavy atom.